The number of carbonyl (C=O) groups excluding carboxylic acids is 1. The Balaban J connectivity index is 2.28. The Hall–Kier alpha value is -0.370. The Bertz CT molecular complexity index is 103. The van der Waals surface area contributed by atoms with Crippen molar-refractivity contribution in [2.45, 2.75) is 13.3 Å². The molecule has 0 unspecified atom stereocenters. The summed E-state index contributed by atoms with van der Waals surface area (Å²) in [6.07, 6.45) is 2.15. The zero-order valence-electron chi connectivity index (χ0n) is 5.84. The van der Waals surface area contributed by atoms with Crippen LogP contribution in [0.2, 0.25) is 0 Å². The molecule has 1 aliphatic heterocycles. The highest BCUT2D eigenvalue weighted by Gasteiger charge is 2.19. The highest BCUT2D eigenvalue weighted by molar-refractivity contribution is 5.54. The molecule has 1 fully saturated rings. The lowest BCUT2D eigenvalue weighted by Gasteiger charge is -2.09. The summed E-state index contributed by atoms with van der Waals surface area (Å²) in [4.78, 5) is 12.5. The molecule has 0 radical (unpaired) electrons. The molecule has 0 N–H and O–H groups in total. The van der Waals surface area contributed by atoms with E-state index in [2.05, 4.69) is 11.8 Å². The number of likely N-dealkylation sites (tertiary alicyclic amines) is 1. The maximum absolute atomic E-state index is 10.2. The fourth-order valence-electron chi connectivity index (χ4n) is 1.26. The van der Waals surface area contributed by atoms with Gasteiger partial charge in [-0.1, -0.05) is 6.92 Å². The van der Waals surface area contributed by atoms with Gasteiger partial charge >= 0.3 is 0 Å². The molecule has 2 nitrogen and oxygen atoms in total. The van der Waals surface area contributed by atoms with Crippen LogP contribution in [0.4, 0.5) is 0 Å². The first-order valence-corrected chi connectivity index (χ1v) is 3.54. The van der Waals surface area contributed by atoms with E-state index in [-0.39, 0.29) is 0 Å². The molecule has 0 aliphatic carbocycles. The van der Waals surface area contributed by atoms with E-state index in [9.17, 15) is 4.79 Å². The molecule has 1 aliphatic rings. The molecule has 1 atom stereocenters. The Morgan fingerprint density at radius 3 is 2.89 bits per heavy atom. The Labute approximate surface area is 55.8 Å². The predicted molar refractivity (Wildman–Crippen MR) is 36.3 cm³/mol. The van der Waals surface area contributed by atoms with Crippen LogP contribution in [0.15, 0.2) is 0 Å². The first-order valence-electron chi connectivity index (χ1n) is 3.54. The van der Waals surface area contributed by atoms with Crippen molar-refractivity contribution in [2.75, 3.05) is 19.6 Å². The van der Waals surface area contributed by atoms with Gasteiger partial charge in [-0.3, -0.25) is 0 Å². The fourth-order valence-corrected chi connectivity index (χ4v) is 1.26. The second kappa shape index (κ2) is 2.97. The molecule has 1 saturated heterocycles. The summed E-state index contributed by atoms with van der Waals surface area (Å²) >= 11 is 0. The lowest BCUT2D eigenvalue weighted by molar-refractivity contribution is -0.110. The van der Waals surface area contributed by atoms with Gasteiger partial charge in [0.2, 0.25) is 0 Å². The van der Waals surface area contributed by atoms with Crippen LogP contribution in [0.1, 0.15) is 13.3 Å². The number of hydrogen-bond acceptors (Lipinski definition) is 2. The van der Waals surface area contributed by atoms with E-state index in [0.717, 1.165) is 32.3 Å². The van der Waals surface area contributed by atoms with Crippen molar-refractivity contribution in [1.82, 2.24) is 4.90 Å². The molecule has 1 heterocycles. The summed E-state index contributed by atoms with van der Waals surface area (Å²) in [5.41, 5.74) is 0. The lowest BCUT2D eigenvalue weighted by Crippen LogP contribution is -2.19. The van der Waals surface area contributed by atoms with Crippen molar-refractivity contribution in [3.05, 3.63) is 0 Å². The molecule has 0 amide bonds. The quantitative estimate of drug-likeness (QED) is 0.504. The van der Waals surface area contributed by atoms with Crippen LogP contribution < -0.4 is 0 Å². The van der Waals surface area contributed by atoms with Gasteiger partial charge in [-0.15, -0.1) is 0 Å². The number of rotatable bonds is 2. The number of hydrogen-bond donors (Lipinski definition) is 0. The normalized spacial score (nSPS) is 28.8. The average Bonchev–Trinajstić information content (AvgIpc) is 2.34. The fraction of sp³-hybridized carbons (Fsp3) is 0.857. The molecule has 2 heteroatoms. The monoisotopic (exact) mass is 127 g/mol. The topological polar surface area (TPSA) is 20.3 Å². The van der Waals surface area contributed by atoms with Gasteiger partial charge < -0.3 is 9.69 Å². The minimum Gasteiger partial charge on any atom is -0.303 e. The van der Waals surface area contributed by atoms with E-state index >= 15 is 0 Å². The summed E-state index contributed by atoms with van der Waals surface area (Å²) in [7, 11) is 0. The number of carbonyl (C=O) groups is 1. The predicted octanol–water partition coefficient (Wildman–Crippen LogP) is 0.527. The third-order valence-electron chi connectivity index (χ3n) is 1.95. The minimum atomic E-state index is 0.324. The maximum atomic E-state index is 10.2. The van der Waals surface area contributed by atoms with Crippen LogP contribution in [0.5, 0.6) is 0 Å². The maximum Gasteiger partial charge on any atom is 0.124 e. The van der Waals surface area contributed by atoms with Crippen molar-refractivity contribution in [1.29, 1.82) is 0 Å². The molecule has 52 valence electrons. The van der Waals surface area contributed by atoms with Crippen LogP contribution in [0.25, 0.3) is 0 Å². The summed E-state index contributed by atoms with van der Waals surface area (Å²) < 4.78 is 0. The van der Waals surface area contributed by atoms with E-state index in [1.165, 1.54) is 0 Å². The molecule has 0 spiro atoms. The highest BCUT2D eigenvalue weighted by atomic mass is 16.1. The average molecular weight is 127 g/mol. The van der Waals surface area contributed by atoms with Gasteiger partial charge in [0.05, 0.1) is 0 Å². The highest BCUT2D eigenvalue weighted by Crippen LogP contribution is 2.12. The van der Waals surface area contributed by atoms with Crippen molar-refractivity contribution in [3.63, 3.8) is 0 Å². The third-order valence-corrected chi connectivity index (χ3v) is 1.95. The lowest BCUT2D eigenvalue weighted by atomic mass is 10.1. The van der Waals surface area contributed by atoms with E-state index < -0.39 is 0 Å². The van der Waals surface area contributed by atoms with E-state index in [1.807, 2.05) is 0 Å². The van der Waals surface area contributed by atoms with Crippen LogP contribution in [-0.2, 0) is 4.79 Å². The van der Waals surface area contributed by atoms with Crippen molar-refractivity contribution >= 4 is 6.29 Å². The molecular formula is C7H13NO. The van der Waals surface area contributed by atoms with Gasteiger partial charge in [0, 0.05) is 12.5 Å². The van der Waals surface area contributed by atoms with Crippen LogP contribution in [0.3, 0.4) is 0 Å². The van der Waals surface area contributed by atoms with Crippen molar-refractivity contribution in [3.8, 4) is 0 Å². The third kappa shape index (κ3) is 1.52. The standard InChI is InChI=1S/C7H13NO/c1-2-8-4-3-7(5-8)6-9/h6-7H,2-5H2,1H3/t7-/m0/s1. The van der Waals surface area contributed by atoms with E-state index in [1.54, 1.807) is 0 Å². The molecule has 0 saturated carbocycles. The Morgan fingerprint density at radius 1 is 1.78 bits per heavy atom. The molecule has 0 aromatic rings. The minimum absolute atomic E-state index is 0.324. The summed E-state index contributed by atoms with van der Waals surface area (Å²) in [5.74, 6) is 0.324. The summed E-state index contributed by atoms with van der Waals surface area (Å²) in [6, 6.07) is 0. The first kappa shape index (κ1) is 6.75. The molecule has 1 rings (SSSR count). The van der Waals surface area contributed by atoms with E-state index in [0.29, 0.717) is 5.92 Å². The number of nitrogens with zero attached hydrogens (tertiary/aromatic N) is 1. The van der Waals surface area contributed by atoms with Crippen LogP contribution >= 0.6 is 0 Å². The SMILES string of the molecule is CCN1CC[C@H](C=O)C1. The van der Waals surface area contributed by atoms with Gasteiger partial charge in [-0.05, 0) is 19.5 Å². The van der Waals surface area contributed by atoms with E-state index in [4.69, 9.17) is 0 Å². The zero-order valence-corrected chi connectivity index (χ0v) is 5.84. The summed E-state index contributed by atoms with van der Waals surface area (Å²) in [5, 5.41) is 0. The van der Waals surface area contributed by atoms with Gasteiger partial charge in [0.1, 0.15) is 6.29 Å². The zero-order chi connectivity index (χ0) is 6.69. The smallest absolute Gasteiger partial charge is 0.124 e. The van der Waals surface area contributed by atoms with Gasteiger partial charge in [-0.25, -0.2) is 0 Å². The second-order valence-electron chi connectivity index (χ2n) is 2.58. The first-order chi connectivity index (χ1) is 4.36. The molecule has 9 heavy (non-hydrogen) atoms. The van der Waals surface area contributed by atoms with Crippen molar-refractivity contribution < 1.29 is 4.79 Å². The van der Waals surface area contributed by atoms with Gasteiger partial charge in [0.25, 0.3) is 0 Å². The summed E-state index contributed by atoms with van der Waals surface area (Å²) in [6.45, 7) is 5.32. The molecule has 0 bridgehead atoms. The van der Waals surface area contributed by atoms with Crippen LogP contribution in [-0.4, -0.2) is 30.8 Å². The Kier molecular flexibility index (Phi) is 2.22. The van der Waals surface area contributed by atoms with Gasteiger partial charge in [-0.2, -0.15) is 0 Å². The molecule has 0 aromatic heterocycles. The second-order valence-corrected chi connectivity index (χ2v) is 2.58. The number of aldehydes is 1. The van der Waals surface area contributed by atoms with Gasteiger partial charge in [0.15, 0.2) is 0 Å². The molecule has 0 aromatic carbocycles. The van der Waals surface area contributed by atoms with Crippen LogP contribution in [0, 0.1) is 5.92 Å². The largest absolute Gasteiger partial charge is 0.303 e. The van der Waals surface area contributed by atoms with Crippen molar-refractivity contribution in [2.24, 2.45) is 5.92 Å². The molecular weight excluding hydrogens is 114 g/mol. The Morgan fingerprint density at radius 2 is 2.56 bits per heavy atom.